The normalized spacial score (nSPS) is 26.5. The first-order valence-electron chi connectivity index (χ1n) is 47.6. The van der Waals surface area contributed by atoms with Crippen LogP contribution in [0.1, 0.15) is 194 Å². The van der Waals surface area contributed by atoms with Crippen molar-refractivity contribution >= 4 is 144 Å². The van der Waals surface area contributed by atoms with Gasteiger partial charge in [0.15, 0.2) is 27.9 Å². The second-order valence-electron chi connectivity index (χ2n) is 40.7. The number of nitrogens with zero attached hydrogens (tertiary/aromatic N) is 6. The Kier molecular flexibility index (Phi) is 18.0. The zero-order valence-electron chi connectivity index (χ0n) is 76.5. The number of fused-ring (bicyclic) bond motifs is 36. The van der Waals surface area contributed by atoms with Gasteiger partial charge in [0.05, 0.1) is 51.7 Å². The smallest absolute Gasteiger partial charge is 0.159 e. The minimum atomic E-state index is -0.0476. The molecule has 10 unspecified atom stereocenters. The van der Waals surface area contributed by atoms with Crippen molar-refractivity contribution in [1.29, 1.82) is 0 Å². The molecule has 4 aliphatic carbocycles. The molecule has 644 valence electrons. The Bertz CT molecular complexity index is 7520. The molecule has 30 rings (SSSR count). The fourth-order valence-corrected chi connectivity index (χ4v) is 27.2. The molecule has 10 atom stereocenters. The molecule has 18 aromatic rings. The minimum Gasteiger partial charge on any atom is -0.454 e. The van der Waals surface area contributed by atoms with E-state index in [0.29, 0.717) is 59.8 Å². The third-order valence-corrected chi connectivity index (χ3v) is 33.9. The van der Waals surface area contributed by atoms with Gasteiger partial charge in [0.25, 0.3) is 0 Å². The summed E-state index contributed by atoms with van der Waals surface area (Å²) in [6.07, 6.45) is 13.5. The van der Waals surface area contributed by atoms with Gasteiger partial charge in [0.2, 0.25) is 0 Å². The van der Waals surface area contributed by atoms with Gasteiger partial charge in [-0.3, -0.25) is 0 Å². The molecule has 10 bridgehead atoms. The third-order valence-electron chi connectivity index (χ3n) is 33.9. The molecular weight excluding hydrogens is 1570 g/mol. The number of rotatable bonds is 5. The number of hydrogen-bond donors (Lipinski definition) is 0. The third kappa shape index (κ3) is 11.4. The fourth-order valence-electron chi connectivity index (χ4n) is 27.2. The highest BCUT2D eigenvalue weighted by atomic mass is 16.3. The number of hydrogen-bond acceptors (Lipinski definition) is 11. The molecule has 0 amide bonds. The van der Waals surface area contributed by atoms with E-state index in [1.54, 1.807) is 5.56 Å². The highest BCUT2D eigenvalue weighted by molar-refractivity contribution is 6.14. The molecule has 128 heavy (non-hydrogen) atoms. The van der Waals surface area contributed by atoms with Crippen LogP contribution in [0.4, 0.5) is 34.1 Å². The van der Waals surface area contributed by atoms with Crippen molar-refractivity contribution in [2.75, 3.05) is 35.9 Å². The van der Waals surface area contributed by atoms with E-state index >= 15 is 0 Å². The Morgan fingerprint density at radius 1 is 0.312 bits per heavy atom. The van der Waals surface area contributed by atoms with Crippen molar-refractivity contribution in [2.45, 2.75) is 232 Å². The topological polar surface area (TPSA) is 85.1 Å². The van der Waals surface area contributed by atoms with E-state index in [4.69, 9.17) is 22.1 Å². The molecule has 0 spiro atoms. The summed E-state index contributed by atoms with van der Waals surface area (Å²) in [6, 6.07) is 95.1. The number of piperidine rings is 4. The van der Waals surface area contributed by atoms with E-state index < -0.39 is 0 Å². The van der Waals surface area contributed by atoms with Gasteiger partial charge in [-0.2, -0.15) is 0 Å². The van der Waals surface area contributed by atoms with Crippen LogP contribution in [0.25, 0.3) is 110 Å². The standard InChI is InChI=1S/C26H25NO.C24H22N2O.C24H21NO.C22H25NO.C21H23NO/c1-16-13-14-19-18-9-5-8-12-22(18)28-24(19)23(16)27-17(2)25(3)15-26(27,4)21-11-7-6-10-20(21)25;1-15-12-13-18-17-8-4-7-11-21(17)27-23(18)22(15)26-16(2)25-14-24(26,3)19-9-5-6-10-20(19)25;1-14-11-12-19-18-9-5-6-10-22(18)26-24(19)23(14)25-15(2)20-13-21(25)17-8-4-3-7-16(17)20;1-14-8-9-18-17-6-4-5-7-19(17)24-21(18)20(14)23-15(2)22(3)12-10-16(23)11-13-22;1-13-7-12-18-17-5-3-4-6-19(17)23-21(18)20(13)22-14(2)15-8-10-16(22)11-9-15/h5-14,17H,15H2,1-4H3;4-13,16H,14H2,1-3H3;3-12,15,20-21H,13H2,1-2H3;4-9,15-16H,10-13H2,1-3H3;3-7,12,14-16H,8-11H2,1-2H3. The fraction of sp³-hybridized carbons (Fsp3) is 0.333. The lowest BCUT2D eigenvalue weighted by Gasteiger charge is -2.57. The van der Waals surface area contributed by atoms with E-state index in [-0.39, 0.29) is 16.5 Å². The summed E-state index contributed by atoms with van der Waals surface area (Å²) in [5.74, 6) is 1.47. The Hall–Kier alpha value is -12.3. The number of anilines is 6. The van der Waals surface area contributed by atoms with Crippen LogP contribution < -0.4 is 29.4 Å². The minimum absolute atomic E-state index is 0.0111. The molecule has 13 heterocycles. The van der Waals surface area contributed by atoms with E-state index in [2.05, 4.69) is 369 Å². The Labute approximate surface area is 750 Å². The zero-order valence-corrected chi connectivity index (χ0v) is 76.5. The molecular formula is C117H116N6O5. The van der Waals surface area contributed by atoms with Crippen LogP contribution in [0.15, 0.2) is 277 Å². The number of aryl methyl sites for hydroxylation is 5. The molecule has 11 heteroatoms. The van der Waals surface area contributed by atoms with Crippen molar-refractivity contribution in [1.82, 2.24) is 0 Å². The van der Waals surface area contributed by atoms with Gasteiger partial charge in [0.1, 0.15) is 27.9 Å². The summed E-state index contributed by atoms with van der Waals surface area (Å²) < 4.78 is 31.9. The maximum absolute atomic E-state index is 6.46. The molecule has 9 fully saturated rings. The van der Waals surface area contributed by atoms with E-state index in [1.807, 2.05) is 12.1 Å². The maximum Gasteiger partial charge on any atom is 0.159 e. The molecule has 7 saturated heterocycles. The van der Waals surface area contributed by atoms with Crippen LogP contribution in [-0.2, 0) is 16.5 Å². The van der Waals surface area contributed by atoms with Gasteiger partial charge in [-0.15, -0.1) is 0 Å². The zero-order chi connectivity index (χ0) is 87.0. The number of furan rings is 5. The Morgan fingerprint density at radius 2 is 0.688 bits per heavy atom. The molecule has 8 aliphatic heterocycles. The van der Waals surface area contributed by atoms with Crippen LogP contribution in [0.2, 0.25) is 0 Å². The Balaban J connectivity index is 0.0000000892. The molecule has 11 nitrogen and oxygen atoms in total. The van der Waals surface area contributed by atoms with Crippen molar-refractivity contribution in [3.8, 4) is 0 Å². The maximum atomic E-state index is 6.46. The van der Waals surface area contributed by atoms with Crippen LogP contribution in [0.5, 0.6) is 0 Å². The van der Waals surface area contributed by atoms with Gasteiger partial charge in [-0.05, 0) is 245 Å². The molecule has 12 aliphatic rings. The highest BCUT2D eigenvalue weighted by Crippen LogP contribution is 2.65. The van der Waals surface area contributed by atoms with Crippen molar-refractivity contribution in [3.63, 3.8) is 0 Å². The summed E-state index contributed by atoms with van der Waals surface area (Å²) in [5.41, 5.74) is 32.5. The first-order chi connectivity index (χ1) is 62.1. The number of para-hydroxylation sites is 6. The van der Waals surface area contributed by atoms with Crippen molar-refractivity contribution < 1.29 is 22.1 Å². The first-order valence-corrected chi connectivity index (χ1v) is 47.6. The van der Waals surface area contributed by atoms with E-state index in [0.717, 1.165) is 74.7 Å². The predicted octanol–water partition coefficient (Wildman–Crippen LogP) is 30.5. The van der Waals surface area contributed by atoms with E-state index in [1.165, 1.54) is 196 Å². The number of benzene rings is 13. The van der Waals surface area contributed by atoms with Crippen LogP contribution in [-0.4, -0.2) is 49.0 Å². The second kappa shape index (κ2) is 29.1. The summed E-state index contributed by atoms with van der Waals surface area (Å²) in [6.45, 7) is 33.7. The van der Waals surface area contributed by atoms with Crippen LogP contribution >= 0.6 is 0 Å². The molecule has 0 N–H and O–H groups in total. The summed E-state index contributed by atoms with van der Waals surface area (Å²) >= 11 is 0. The summed E-state index contributed by atoms with van der Waals surface area (Å²) in [5, 5.41) is 12.2. The second-order valence-corrected chi connectivity index (χ2v) is 40.7. The van der Waals surface area contributed by atoms with Gasteiger partial charge in [0, 0.05) is 119 Å². The Morgan fingerprint density at radius 3 is 1.16 bits per heavy atom. The van der Waals surface area contributed by atoms with Gasteiger partial charge >= 0.3 is 0 Å². The van der Waals surface area contributed by atoms with Gasteiger partial charge in [-0.1, -0.05) is 232 Å². The first kappa shape index (κ1) is 79.1. The average molecular weight is 1690 g/mol. The molecule has 0 radical (unpaired) electrons. The molecule has 5 aromatic heterocycles. The predicted molar refractivity (Wildman–Crippen MR) is 532 cm³/mol. The summed E-state index contributed by atoms with van der Waals surface area (Å²) in [7, 11) is 0. The quantitative estimate of drug-likeness (QED) is 0.165. The van der Waals surface area contributed by atoms with Crippen LogP contribution in [0, 0.1) is 46.0 Å². The van der Waals surface area contributed by atoms with Gasteiger partial charge in [-0.25, -0.2) is 0 Å². The lowest BCUT2D eigenvalue weighted by Crippen LogP contribution is -2.59. The molecule has 13 aromatic carbocycles. The largest absolute Gasteiger partial charge is 0.454 e. The molecule has 2 saturated carbocycles. The van der Waals surface area contributed by atoms with E-state index in [9.17, 15) is 0 Å². The lowest BCUT2D eigenvalue weighted by atomic mass is 9.64. The van der Waals surface area contributed by atoms with Crippen LogP contribution in [0.3, 0.4) is 0 Å². The van der Waals surface area contributed by atoms with Crippen molar-refractivity contribution in [2.24, 2.45) is 11.3 Å². The lowest BCUT2D eigenvalue weighted by molar-refractivity contribution is 0.0967. The van der Waals surface area contributed by atoms with Gasteiger partial charge < -0.3 is 51.5 Å². The highest BCUT2D eigenvalue weighted by Gasteiger charge is 2.63. The SMILES string of the molecule is Cc1ccc2c(oc3ccccc32)c1N1C(C)C2(C)CC1(C)c1ccccc12.Cc1ccc2c(oc3ccccc32)c1N1C(C)N2CC1(C)c1ccccc12.Cc1ccc2c(oc3ccccc32)c1N1C2CC(c3ccccc32)C1C.Cc1ccc2c(oc3ccccc32)c1N1C2CCC(C)(CC2)C1C.Cc1ccc2c(oc3ccccc32)c1N1C2CCC(CC2)C1C. The summed E-state index contributed by atoms with van der Waals surface area (Å²) in [4.78, 5) is 15.8. The average Bonchev–Trinajstić information content (AvgIpc) is 1.53. The monoisotopic (exact) mass is 1680 g/mol. The van der Waals surface area contributed by atoms with Crippen molar-refractivity contribution in [3.05, 3.63) is 310 Å².